The highest BCUT2D eigenvalue weighted by atomic mass is 32.2. The molecule has 1 heterocycles. The van der Waals surface area contributed by atoms with Crippen molar-refractivity contribution in [3.05, 3.63) is 33.8 Å². The largest absolute Gasteiger partial charge is 0.283 e. The zero-order chi connectivity index (χ0) is 14.5. The molecule has 7 heteroatoms. The molecule has 0 saturated carbocycles. The summed E-state index contributed by atoms with van der Waals surface area (Å²) in [6.07, 6.45) is 4.11. The number of aromatic nitrogens is 2. The molecule has 0 aliphatic carbocycles. The summed E-state index contributed by atoms with van der Waals surface area (Å²) in [5.41, 5.74) is 1.30. The van der Waals surface area contributed by atoms with E-state index in [1.165, 1.54) is 10.5 Å². The fourth-order valence-corrected chi connectivity index (χ4v) is 3.93. The Kier molecular flexibility index (Phi) is 6.10. The molecule has 0 N–H and O–H groups in total. The van der Waals surface area contributed by atoms with Gasteiger partial charge in [-0.25, -0.2) is 4.68 Å². The molecule has 0 atom stereocenters. The van der Waals surface area contributed by atoms with Crippen LogP contribution in [0.15, 0.2) is 33.5 Å². The number of benzene rings is 1. The lowest BCUT2D eigenvalue weighted by Gasteiger charge is -2.16. The van der Waals surface area contributed by atoms with Crippen molar-refractivity contribution in [3.8, 4) is 0 Å². The van der Waals surface area contributed by atoms with Crippen LogP contribution in [-0.4, -0.2) is 34.2 Å². The molecule has 0 saturated heterocycles. The minimum absolute atomic E-state index is 0.722. The van der Waals surface area contributed by atoms with Crippen LogP contribution in [0, 0.1) is 3.95 Å². The second-order valence-electron chi connectivity index (χ2n) is 4.34. The van der Waals surface area contributed by atoms with Crippen LogP contribution in [0.4, 0.5) is 0 Å². The van der Waals surface area contributed by atoms with E-state index in [9.17, 15) is 0 Å². The monoisotopic (exact) mass is 343 g/mol. The lowest BCUT2D eigenvalue weighted by Crippen LogP contribution is -2.22. The molecule has 20 heavy (non-hydrogen) atoms. The maximum atomic E-state index is 5.33. The number of hydrogen-bond donors (Lipinski definition) is 0. The molecule has 0 bridgehead atoms. The van der Waals surface area contributed by atoms with E-state index >= 15 is 0 Å². The van der Waals surface area contributed by atoms with Gasteiger partial charge in [0.1, 0.15) is 0 Å². The van der Waals surface area contributed by atoms with Gasteiger partial charge in [-0.05, 0) is 49.5 Å². The van der Waals surface area contributed by atoms with Crippen molar-refractivity contribution >= 4 is 47.1 Å². The lowest BCUT2D eigenvalue weighted by atomic mass is 10.2. The second-order valence-corrected chi connectivity index (χ2v) is 7.90. The van der Waals surface area contributed by atoms with Crippen molar-refractivity contribution in [1.82, 2.24) is 14.7 Å². The summed E-state index contributed by atoms with van der Waals surface area (Å²) < 4.78 is 3.74. The van der Waals surface area contributed by atoms with Crippen LogP contribution < -0.4 is 0 Å². The van der Waals surface area contributed by atoms with Gasteiger partial charge in [0.05, 0.1) is 6.67 Å². The van der Waals surface area contributed by atoms with E-state index in [0.717, 1.165) is 21.5 Å². The molecule has 0 unspecified atom stereocenters. The van der Waals surface area contributed by atoms with Crippen LogP contribution in [0.2, 0.25) is 0 Å². The van der Waals surface area contributed by atoms with E-state index < -0.39 is 0 Å². The number of thioether (sulfide) groups is 2. The lowest BCUT2D eigenvalue weighted by molar-refractivity contribution is 0.243. The highest BCUT2D eigenvalue weighted by Crippen LogP contribution is 2.19. The molecular weight excluding hydrogens is 326 g/mol. The van der Waals surface area contributed by atoms with Crippen molar-refractivity contribution in [1.29, 1.82) is 0 Å². The molecule has 0 spiro atoms. The van der Waals surface area contributed by atoms with E-state index in [-0.39, 0.29) is 0 Å². The van der Waals surface area contributed by atoms with Crippen LogP contribution in [0.3, 0.4) is 0 Å². The van der Waals surface area contributed by atoms with Gasteiger partial charge in [0.25, 0.3) is 0 Å². The number of nitrogens with zero attached hydrogens (tertiary/aromatic N) is 3. The highest BCUT2D eigenvalue weighted by Gasteiger charge is 2.06. The average Bonchev–Trinajstić information content (AvgIpc) is 2.80. The predicted octanol–water partition coefficient (Wildman–Crippen LogP) is 4.21. The SMILES string of the molecule is CSc1ccc(CN(C)Cn2nc(SC)sc2=S)cc1. The summed E-state index contributed by atoms with van der Waals surface area (Å²) in [4.78, 5) is 3.51. The summed E-state index contributed by atoms with van der Waals surface area (Å²) in [5, 5.41) is 4.49. The van der Waals surface area contributed by atoms with Gasteiger partial charge in [-0.15, -0.1) is 11.8 Å². The normalized spacial score (nSPS) is 11.2. The van der Waals surface area contributed by atoms with Crippen molar-refractivity contribution in [2.45, 2.75) is 22.4 Å². The second kappa shape index (κ2) is 7.61. The summed E-state index contributed by atoms with van der Waals surface area (Å²) in [7, 11) is 2.09. The van der Waals surface area contributed by atoms with Crippen LogP contribution in [0.5, 0.6) is 0 Å². The van der Waals surface area contributed by atoms with Gasteiger partial charge in [-0.2, -0.15) is 5.10 Å². The van der Waals surface area contributed by atoms with E-state index in [0.29, 0.717) is 0 Å². The zero-order valence-corrected chi connectivity index (χ0v) is 15.0. The van der Waals surface area contributed by atoms with Crippen LogP contribution in [0.25, 0.3) is 0 Å². The van der Waals surface area contributed by atoms with Crippen LogP contribution in [0.1, 0.15) is 5.56 Å². The summed E-state index contributed by atoms with van der Waals surface area (Å²) in [6.45, 7) is 1.61. The topological polar surface area (TPSA) is 21.1 Å². The van der Waals surface area contributed by atoms with Crippen molar-refractivity contribution in [3.63, 3.8) is 0 Å². The smallest absolute Gasteiger partial charge is 0.181 e. The Morgan fingerprint density at radius 1 is 1.25 bits per heavy atom. The van der Waals surface area contributed by atoms with Gasteiger partial charge in [-0.1, -0.05) is 35.2 Å². The van der Waals surface area contributed by atoms with Crippen LogP contribution >= 0.6 is 47.1 Å². The Morgan fingerprint density at radius 2 is 1.95 bits per heavy atom. The molecule has 0 fully saturated rings. The fraction of sp³-hybridized carbons (Fsp3) is 0.385. The Labute approximate surface area is 137 Å². The molecule has 0 aliphatic heterocycles. The molecule has 0 radical (unpaired) electrons. The van der Waals surface area contributed by atoms with Crippen LogP contribution in [-0.2, 0) is 13.2 Å². The first-order valence-corrected chi connectivity index (χ1v) is 9.73. The van der Waals surface area contributed by atoms with E-state index in [4.69, 9.17) is 12.2 Å². The minimum Gasteiger partial charge on any atom is -0.283 e. The third-order valence-corrected chi connectivity index (χ3v) is 5.78. The zero-order valence-electron chi connectivity index (χ0n) is 11.7. The first-order chi connectivity index (χ1) is 9.62. The molecule has 108 valence electrons. The summed E-state index contributed by atoms with van der Waals surface area (Å²) in [5.74, 6) is 0. The Balaban J connectivity index is 1.98. The van der Waals surface area contributed by atoms with Crippen molar-refractivity contribution < 1.29 is 0 Å². The standard InChI is InChI=1S/C13H17N3S4/c1-15(8-10-4-6-11(18-2)7-5-10)9-16-13(17)20-12(14-16)19-3/h4-7H,8-9H2,1-3H3. The van der Waals surface area contributed by atoms with Gasteiger partial charge in [0, 0.05) is 11.4 Å². The first kappa shape index (κ1) is 16.0. The molecule has 0 amide bonds. The molecule has 0 aliphatic rings. The fourth-order valence-electron chi connectivity index (χ4n) is 1.78. The van der Waals surface area contributed by atoms with E-state index in [1.54, 1.807) is 34.9 Å². The first-order valence-electron chi connectivity index (χ1n) is 6.06. The molecule has 1 aromatic heterocycles. The maximum Gasteiger partial charge on any atom is 0.181 e. The average molecular weight is 344 g/mol. The van der Waals surface area contributed by atoms with Gasteiger partial charge in [-0.3, -0.25) is 4.90 Å². The van der Waals surface area contributed by atoms with Crippen molar-refractivity contribution in [2.24, 2.45) is 0 Å². The van der Waals surface area contributed by atoms with Gasteiger partial charge in [0.2, 0.25) is 0 Å². The summed E-state index contributed by atoms with van der Waals surface area (Å²) in [6, 6.07) is 8.67. The van der Waals surface area contributed by atoms with Gasteiger partial charge >= 0.3 is 0 Å². The molecule has 2 aromatic rings. The number of rotatable bonds is 6. The van der Waals surface area contributed by atoms with E-state index in [2.05, 4.69) is 47.6 Å². The number of hydrogen-bond acceptors (Lipinski definition) is 6. The minimum atomic E-state index is 0.722. The molecule has 3 nitrogen and oxygen atoms in total. The molecular formula is C13H17N3S4. The van der Waals surface area contributed by atoms with Gasteiger partial charge < -0.3 is 0 Å². The summed E-state index contributed by atoms with van der Waals surface area (Å²) >= 11 is 10.3. The molecule has 1 aromatic carbocycles. The Hall–Kier alpha value is -0.340. The van der Waals surface area contributed by atoms with Gasteiger partial charge in [0.15, 0.2) is 8.29 Å². The molecule has 2 rings (SSSR count). The van der Waals surface area contributed by atoms with E-state index in [1.807, 2.05) is 10.9 Å². The predicted molar refractivity (Wildman–Crippen MR) is 92.4 cm³/mol. The Bertz CT molecular complexity index is 603. The van der Waals surface area contributed by atoms with Crippen molar-refractivity contribution in [2.75, 3.05) is 19.6 Å². The quantitative estimate of drug-likeness (QED) is 0.577. The third-order valence-electron chi connectivity index (χ3n) is 2.75. The maximum absolute atomic E-state index is 5.33. The highest BCUT2D eigenvalue weighted by molar-refractivity contribution is 8.00. The Morgan fingerprint density at radius 3 is 2.50 bits per heavy atom. The third kappa shape index (κ3) is 4.33.